The number of fused-ring (bicyclic) bond motifs is 2. The normalized spacial score (nSPS) is 15.5. The van der Waals surface area contributed by atoms with Crippen molar-refractivity contribution in [3.8, 4) is 0 Å². The van der Waals surface area contributed by atoms with Gasteiger partial charge in [-0.25, -0.2) is 4.98 Å². The third-order valence-electron chi connectivity index (χ3n) is 5.41. The van der Waals surface area contributed by atoms with Crippen LogP contribution in [0.25, 0.3) is 21.8 Å². The van der Waals surface area contributed by atoms with E-state index in [0.29, 0.717) is 0 Å². The number of H-pyrrole nitrogens is 1. The lowest BCUT2D eigenvalue weighted by Gasteiger charge is -2.31. The van der Waals surface area contributed by atoms with Gasteiger partial charge in [0.25, 0.3) is 0 Å². The Kier molecular flexibility index (Phi) is 3.89. The van der Waals surface area contributed by atoms with Gasteiger partial charge in [0.1, 0.15) is 11.3 Å². The van der Waals surface area contributed by atoms with Crippen molar-refractivity contribution in [3.63, 3.8) is 0 Å². The van der Waals surface area contributed by atoms with E-state index in [1.807, 2.05) is 18.3 Å². The molecule has 0 radical (unpaired) electrons. The summed E-state index contributed by atoms with van der Waals surface area (Å²) in [5, 5.41) is 13.1. The maximum Gasteiger partial charge on any atom is 0.178 e. The van der Waals surface area contributed by atoms with Gasteiger partial charge in [-0.2, -0.15) is 5.10 Å². The van der Waals surface area contributed by atoms with Gasteiger partial charge in [-0.3, -0.25) is 10.1 Å². The first-order valence-electron chi connectivity index (χ1n) is 9.48. The molecule has 0 aliphatic carbocycles. The molecule has 5 rings (SSSR count). The summed E-state index contributed by atoms with van der Waals surface area (Å²) in [4.78, 5) is 11.5. The van der Waals surface area contributed by atoms with Crippen LogP contribution < -0.4 is 10.2 Å². The molecule has 0 saturated carbocycles. The van der Waals surface area contributed by atoms with Crippen LogP contribution in [0.15, 0.2) is 48.8 Å². The van der Waals surface area contributed by atoms with Gasteiger partial charge in [-0.05, 0) is 60.5 Å². The fourth-order valence-corrected chi connectivity index (χ4v) is 3.79. The van der Waals surface area contributed by atoms with Crippen molar-refractivity contribution in [2.45, 2.75) is 19.8 Å². The number of nitrogens with one attached hydrogen (secondary N) is 2. The number of piperidine rings is 1. The highest BCUT2D eigenvalue weighted by Gasteiger charge is 2.18. The fraction of sp³-hybridized carbons (Fsp3) is 0.286. The molecule has 4 heterocycles. The molecule has 1 aromatic carbocycles. The van der Waals surface area contributed by atoms with E-state index in [1.54, 1.807) is 6.20 Å². The van der Waals surface area contributed by atoms with Gasteiger partial charge in [-0.1, -0.05) is 6.92 Å². The van der Waals surface area contributed by atoms with Gasteiger partial charge in [0, 0.05) is 36.6 Å². The zero-order valence-corrected chi connectivity index (χ0v) is 15.3. The Morgan fingerprint density at radius 2 is 1.96 bits per heavy atom. The molecule has 27 heavy (non-hydrogen) atoms. The van der Waals surface area contributed by atoms with Crippen LogP contribution in [-0.4, -0.2) is 33.3 Å². The molecule has 0 spiro atoms. The maximum absolute atomic E-state index is 4.68. The number of benzene rings is 1. The minimum atomic E-state index is 0.740. The van der Waals surface area contributed by atoms with E-state index in [9.17, 15) is 0 Å². The van der Waals surface area contributed by atoms with E-state index in [4.69, 9.17) is 0 Å². The predicted octanol–water partition coefficient (Wildman–Crippen LogP) is 4.49. The molecular weight excluding hydrogens is 336 g/mol. The van der Waals surface area contributed by atoms with E-state index >= 15 is 0 Å². The summed E-state index contributed by atoms with van der Waals surface area (Å²) in [6.07, 6.45) is 6.15. The summed E-state index contributed by atoms with van der Waals surface area (Å²) in [7, 11) is 0. The molecule has 136 valence electrons. The molecule has 4 aromatic rings. The number of hydrogen-bond donors (Lipinski definition) is 2. The van der Waals surface area contributed by atoms with Crippen LogP contribution in [0.5, 0.6) is 0 Å². The van der Waals surface area contributed by atoms with Crippen LogP contribution in [-0.2, 0) is 0 Å². The molecule has 1 aliphatic rings. The van der Waals surface area contributed by atoms with Crippen molar-refractivity contribution >= 4 is 39.1 Å². The highest BCUT2D eigenvalue weighted by atomic mass is 15.2. The van der Waals surface area contributed by atoms with Crippen molar-refractivity contribution in [2.75, 3.05) is 23.3 Å². The van der Waals surface area contributed by atoms with Crippen LogP contribution in [0, 0.1) is 5.92 Å². The number of rotatable bonds is 3. The van der Waals surface area contributed by atoms with Gasteiger partial charge in [0.2, 0.25) is 0 Å². The molecule has 0 bridgehead atoms. The predicted molar refractivity (Wildman–Crippen MR) is 110 cm³/mol. The Bertz CT molecular complexity index is 1090. The Hall–Kier alpha value is -3.15. The van der Waals surface area contributed by atoms with Gasteiger partial charge in [0.05, 0.1) is 5.52 Å². The lowest BCUT2D eigenvalue weighted by atomic mass is 9.99. The number of nitrogens with zero attached hydrogens (tertiary/aromatic N) is 4. The second-order valence-electron chi connectivity index (χ2n) is 7.34. The SMILES string of the molecule is CC1CCN(c2nccc3cc(Nc4n[nH]c5cccnc45)ccc23)CC1. The van der Waals surface area contributed by atoms with E-state index < -0.39 is 0 Å². The monoisotopic (exact) mass is 358 g/mol. The molecule has 6 heteroatoms. The zero-order chi connectivity index (χ0) is 18.2. The Morgan fingerprint density at radius 3 is 2.85 bits per heavy atom. The molecule has 0 atom stereocenters. The van der Waals surface area contributed by atoms with Crippen LogP contribution in [0.4, 0.5) is 17.3 Å². The Balaban J connectivity index is 1.47. The Morgan fingerprint density at radius 1 is 1.07 bits per heavy atom. The molecule has 1 fully saturated rings. The summed E-state index contributed by atoms with van der Waals surface area (Å²) in [6, 6.07) is 12.3. The van der Waals surface area contributed by atoms with Crippen LogP contribution in [0.2, 0.25) is 0 Å². The number of aromatic amines is 1. The first-order chi connectivity index (χ1) is 13.3. The average molecular weight is 358 g/mol. The second-order valence-corrected chi connectivity index (χ2v) is 7.34. The molecule has 3 aromatic heterocycles. The topological polar surface area (TPSA) is 69.7 Å². The summed E-state index contributed by atoms with van der Waals surface area (Å²) in [5.74, 6) is 2.64. The standard InChI is InChI=1S/C21H22N6/c1-14-7-11-27(12-8-14)21-17-5-4-16(13-15(17)6-10-23-21)24-20-19-18(25-26-20)3-2-9-22-19/h2-6,9-10,13-14H,7-8,11-12H2,1H3,(H2,24,25,26). The fourth-order valence-electron chi connectivity index (χ4n) is 3.79. The molecular formula is C21H22N6. The molecule has 0 unspecified atom stereocenters. The van der Waals surface area contributed by atoms with Crippen molar-refractivity contribution < 1.29 is 0 Å². The van der Waals surface area contributed by atoms with E-state index in [2.05, 4.69) is 61.6 Å². The number of pyridine rings is 2. The molecule has 1 saturated heterocycles. The molecule has 6 nitrogen and oxygen atoms in total. The van der Waals surface area contributed by atoms with Gasteiger partial charge in [0.15, 0.2) is 5.82 Å². The summed E-state index contributed by atoms with van der Waals surface area (Å²) < 4.78 is 0. The lowest BCUT2D eigenvalue weighted by molar-refractivity contribution is 0.437. The second kappa shape index (κ2) is 6.54. The highest BCUT2D eigenvalue weighted by Crippen LogP contribution is 2.31. The van der Waals surface area contributed by atoms with Crippen LogP contribution >= 0.6 is 0 Å². The van der Waals surface area contributed by atoms with E-state index in [-0.39, 0.29) is 0 Å². The minimum Gasteiger partial charge on any atom is -0.356 e. The van der Waals surface area contributed by atoms with Gasteiger partial charge in [-0.15, -0.1) is 0 Å². The average Bonchev–Trinajstić information content (AvgIpc) is 3.11. The third-order valence-corrected chi connectivity index (χ3v) is 5.41. The first kappa shape index (κ1) is 16.1. The first-order valence-corrected chi connectivity index (χ1v) is 9.48. The van der Waals surface area contributed by atoms with Crippen LogP contribution in [0.1, 0.15) is 19.8 Å². The molecule has 1 aliphatic heterocycles. The summed E-state index contributed by atoms with van der Waals surface area (Å²) >= 11 is 0. The Labute approximate surface area is 157 Å². The summed E-state index contributed by atoms with van der Waals surface area (Å²) in [6.45, 7) is 4.50. The number of anilines is 3. The quantitative estimate of drug-likeness (QED) is 0.565. The van der Waals surface area contributed by atoms with E-state index in [0.717, 1.165) is 47.4 Å². The lowest BCUT2D eigenvalue weighted by Crippen LogP contribution is -2.33. The van der Waals surface area contributed by atoms with Gasteiger partial charge < -0.3 is 10.2 Å². The maximum atomic E-state index is 4.68. The van der Waals surface area contributed by atoms with Crippen molar-refractivity contribution in [1.82, 2.24) is 20.2 Å². The van der Waals surface area contributed by atoms with Crippen molar-refractivity contribution in [3.05, 3.63) is 48.8 Å². The number of aromatic nitrogens is 4. The zero-order valence-electron chi connectivity index (χ0n) is 15.3. The van der Waals surface area contributed by atoms with Gasteiger partial charge >= 0.3 is 0 Å². The van der Waals surface area contributed by atoms with Crippen molar-refractivity contribution in [1.29, 1.82) is 0 Å². The van der Waals surface area contributed by atoms with Crippen molar-refractivity contribution in [2.24, 2.45) is 5.92 Å². The van der Waals surface area contributed by atoms with E-state index in [1.165, 1.54) is 23.6 Å². The third kappa shape index (κ3) is 2.97. The highest BCUT2D eigenvalue weighted by molar-refractivity contribution is 5.95. The number of hydrogen-bond acceptors (Lipinski definition) is 5. The largest absolute Gasteiger partial charge is 0.356 e. The summed E-state index contributed by atoms with van der Waals surface area (Å²) in [5.41, 5.74) is 2.76. The smallest absolute Gasteiger partial charge is 0.178 e. The molecule has 0 amide bonds. The molecule has 2 N–H and O–H groups in total. The minimum absolute atomic E-state index is 0.740. The van der Waals surface area contributed by atoms with Crippen LogP contribution in [0.3, 0.4) is 0 Å².